The van der Waals surface area contributed by atoms with Crippen LogP contribution in [0, 0.1) is 0 Å². The number of aliphatic hydroxyl groups excluding tert-OH is 1. The summed E-state index contributed by atoms with van der Waals surface area (Å²) in [5.41, 5.74) is 1.18. The summed E-state index contributed by atoms with van der Waals surface area (Å²) in [6, 6.07) is 5.97. The highest BCUT2D eigenvalue weighted by molar-refractivity contribution is 5.85. The maximum absolute atomic E-state index is 9.07. The lowest BCUT2D eigenvalue weighted by Crippen LogP contribution is -2.31. The Labute approximate surface area is 131 Å². The van der Waals surface area contributed by atoms with E-state index in [1.165, 1.54) is 5.56 Å². The van der Waals surface area contributed by atoms with Crippen LogP contribution in [0.4, 0.5) is 0 Å². The number of ether oxygens (including phenoxy) is 2. The molecule has 0 saturated heterocycles. The Bertz CT molecular complexity index is 392. The molecule has 5 nitrogen and oxygen atoms in total. The Morgan fingerprint density at radius 2 is 1.85 bits per heavy atom. The first kappa shape index (κ1) is 19.3. The molecule has 0 spiro atoms. The van der Waals surface area contributed by atoms with E-state index in [2.05, 4.69) is 10.6 Å². The van der Waals surface area contributed by atoms with Crippen molar-refractivity contribution >= 4 is 24.8 Å². The molecule has 0 aliphatic carbocycles. The quantitative estimate of drug-likeness (QED) is 0.660. The third kappa shape index (κ3) is 6.15. The first-order valence-corrected chi connectivity index (χ1v) is 6.24. The van der Waals surface area contributed by atoms with Gasteiger partial charge in [0.15, 0.2) is 11.5 Å². The average molecular weight is 325 g/mol. The Morgan fingerprint density at radius 1 is 1.15 bits per heavy atom. The van der Waals surface area contributed by atoms with Gasteiger partial charge in [0, 0.05) is 26.2 Å². The summed E-state index contributed by atoms with van der Waals surface area (Å²) < 4.78 is 10.6. The Kier molecular flexibility index (Phi) is 9.71. The fourth-order valence-electron chi connectivity index (χ4n) is 1.77. The van der Waals surface area contributed by atoms with E-state index in [1.807, 2.05) is 18.2 Å². The van der Waals surface area contributed by atoms with Crippen molar-refractivity contribution in [2.45, 2.75) is 19.6 Å². The van der Waals surface area contributed by atoms with Crippen molar-refractivity contribution in [1.82, 2.24) is 10.6 Å². The average Bonchev–Trinajstić information content (AvgIpc) is 2.80. The van der Waals surface area contributed by atoms with Gasteiger partial charge in [-0.2, -0.15) is 0 Å². The highest BCUT2D eigenvalue weighted by atomic mass is 35.5. The van der Waals surface area contributed by atoms with Gasteiger partial charge in [0.25, 0.3) is 0 Å². The van der Waals surface area contributed by atoms with Gasteiger partial charge in [-0.15, -0.1) is 24.8 Å². The molecule has 0 fully saturated rings. The van der Waals surface area contributed by atoms with Gasteiger partial charge in [0.05, 0.1) is 6.10 Å². The number of fused-ring (bicyclic) bond motifs is 1. The Balaban J connectivity index is 0.00000180. The molecule has 3 N–H and O–H groups in total. The molecule has 1 aliphatic rings. The highest BCUT2D eigenvalue weighted by Gasteiger charge is 2.12. The molecule has 116 valence electrons. The van der Waals surface area contributed by atoms with Crippen LogP contribution in [0.25, 0.3) is 0 Å². The molecular formula is C13H22Cl2N2O3. The van der Waals surface area contributed by atoms with E-state index in [1.54, 1.807) is 6.92 Å². The molecule has 7 heteroatoms. The fourth-order valence-corrected chi connectivity index (χ4v) is 1.77. The van der Waals surface area contributed by atoms with E-state index < -0.39 is 0 Å². The lowest BCUT2D eigenvalue weighted by Gasteiger charge is -2.08. The van der Waals surface area contributed by atoms with Crippen LogP contribution in [-0.4, -0.2) is 37.6 Å². The second-order valence-corrected chi connectivity index (χ2v) is 4.42. The first-order valence-electron chi connectivity index (χ1n) is 6.24. The summed E-state index contributed by atoms with van der Waals surface area (Å²) in [7, 11) is 0. The molecule has 0 aromatic heterocycles. The molecule has 1 aromatic rings. The summed E-state index contributed by atoms with van der Waals surface area (Å²) >= 11 is 0. The molecule has 2 rings (SSSR count). The minimum atomic E-state index is -0.293. The van der Waals surface area contributed by atoms with Gasteiger partial charge in [-0.1, -0.05) is 6.07 Å². The number of nitrogens with one attached hydrogen (secondary N) is 2. The maximum Gasteiger partial charge on any atom is 0.231 e. The second kappa shape index (κ2) is 10.1. The highest BCUT2D eigenvalue weighted by Crippen LogP contribution is 2.32. The van der Waals surface area contributed by atoms with Gasteiger partial charge in [-0.25, -0.2) is 0 Å². The van der Waals surface area contributed by atoms with E-state index in [0.717, 1.165) is 31.1 Å². The van der Waals surface area contributed by atoms with Crippen LogP contribution >= 0.6 is 24.8 Å². The number of aliphatic hydroxyl groups is 1. The zero-order valence-corrected chi connectivity index (χ0v) is 13.1. The predicted octanol–water partition coefficient (Wildman–Crippen LogP) is 1.32. The molecule has 1 aromatic carbocycles. The molecule has 0 amide bonds. The maximum atomic E-state index is 9.07. The molecule has 20 heavy (non-hydrogen) atoms. The van der Waals surface area contributed by atoms with E-state index >= 15 is 0 Å². The van der Waals surface area contributed by atoms with E-state index in [0.29, 0.717) is 13.3 Å². The van der Waals surface area contributed by atoms with Crippen LogP contribution in [0.5, 0.6) is 11.5 Å². The minimum absolute atomic E-state index is 0. The summed E-state index contributed by atoms with van der Waals surface area (Å²) in [6.07, 6.45) is -0.293. The van der Waals surface area contributed by atoms with Gasteiger partial charge in [0.1, 0.15) is 0 Å². The van der Waals surface area contributed by atoms with Gasteiger partial charge < -0.3 is 25.2 Å². The van der Waals surface area contributed by atoms with Crippen molar-refractivity contribution in [2.24, 2.45) is 0 Å². The summed E-state index contributed by atoms with van der Waals surface area (Å²) in [4.78, 5) is 0. The standard InChI is InChI=1S/C13H20N2O3.2ClH/c1-10(16)7-14-4-5-15-8-11-2-3-12-13(6-11)18-9-17-12;;/h2-3,6,10,14-16H,4-5,7-9H2,1H3;2*1H. The van der Waals surface area contributed by atoms with Gasteiger partial charge >= 0.3 is 0 Å². The molecule has 0 bridgehead atoms. The zero-order chi connectivity index (χ0) is 12.8. The normalized spacial score (nSPS) is 13.3. The van der Waals surface area contributed by atoms with Gasteiger partial charge in [-0.05, 0) is 24.6 Å². The van der Waals surface area contributed by atoms with Crippen molar-refractivity contribution in [3.8, 4) is 11.5 Å². The van der Waals surface area contributed by atoms with Crippen LogP contribution in [0.3, 0.4) is 0 Å². The second-order valence-electron chi connectivity index (χ2n) is 4.42. The van der Waals surface area contributed by atoms with Crippen molar-refractivity contribution in [3.05, 3.63) is 23.8 Å². The zero-order valence-electron chi connectivity index (χ0n) is 11.4. The molecule has 1 unspecified atom stereocenters. The van der Waals surface area contributed by atoms with Gasteiger partial charge in [0.2, 0.25) is 6.79 Å². The smallest absolute Gasteiger partial charge is 0.231 e. The number of hydrogen-bond acceptors (Lipinski definition) is 5. The molecule has 1 atom stereocenters. The van der Waals surface area contributed by atoms with Crippen LogP contribution < -0.4 is 20.1 Å². The Morgan fingerprint density at radius 3 is 2.60 bits per heavy atom. The Hall–Kier alpha value is -0.720. The van der Waals surface area contributed by atoms with E-state index in [9.17, 15) is 0 Å². The summed E-state index contributed by atoms with van der Waals surface area (Å²) in [6.45, 7) is 5.22. The van der Waals surface area contributed by atoms with Crippen LogP contribution in [0.1, 0.15) is 12.5 Å². The van der Waals surface area contributed by atoms with E-state index in [-0.39, 0.29) is 30.9 Å². The van der Waals surface area contributed by atoms with Gasteiger partial charge in [-0.3, -0.25) is 0 Å². The molecule has 0 radical (unpaired) electrons. The number of halogens is 2. The monoisotopic (exact) mass is 324 g/mol. The topological polar surface area (TPSA) is 62.8 Å². The number of rotatable bonds is 7. The van der Waals surface area contributed by atoms with Crippen LogP contribution in [0.15, 0.2) is 18.2 Å². The van der Waals surface area contributed by atoms with Crippen molar-refractivity contribution in [3.63, 3.8) is 0 Å². The largest absolute Gasteiger partial charge is 0.454 e. The summed E-state index contributed by atoms with van der Waals surface area (Å²) in [5, 5.41) is 15.5. The van der Waals surface area contributed by atoms with Crippen molar-refractivity contribution in [2.75, 3.05) is 26.4 Å². The first-order chi connectivity index (χ1) is 8.75. The fraction of sp³-hybridized carbons (Fsp3) is 0.538. The number of benzene rings is 1. The minimum Gasteiger partial charge on any atom is -0.454 e. The van der Waals surface area contributed by atoms with Crippen molar-refractivity contribution < 1.29 is 14.6 Å². The third-order valence-corrected chi connectivity index (χ3v) is 2.68. The lowest BCUT2D eigenvalue weighted by molar-refractivity contribution is 0.174. The SMILES string of the molecule is CC(O)CNCCNCc1ccc2c(c1)OCO2.Cl.Cl. The van der Waals surface area contributed by atoms with E-state index in [4.69, 9.17) is 14.6 Å². The molecule has 0 saturated carbocycles. The molecule has 1 heterocycles. The molecule has 1 aliphatic heterocycles. The summed E-state index contributed by atoms with van der Waals surface area (Å²) in [5.74, 6) is 1.64. The van der Waals surface area contributed by atoms with Crippen LogP contribution in [-0.2, 0) is 6.54 Å². The number of hydrogen-bond donors (Lipinski definition) is 3. The lowest BCUT2D eigenvalue weighted by atomic mass is 10.2. The predicted molar refractivity (Wildman–Crippen MR) is 83.3 cm³/mol. The third-order valence-electron chi connectivity index (χ3n) is 2.68. The van der Waals surface area contributed by atoms with Crippen LogP contribution in [0.2, 0.25) is 0 Å². The van der Waals surface area contributed by atoms with Crippen molar-refractivity contribution in [1.29, 1.82) is 0 Å². The molecular weight excluding hydrogens is 303 g/mol.